The van der Waals surface area contributed by atoms with Crippen molar-refractivity contribution in [2.45, 2.75) is 38.8 Å². The largest absolute Gasteiger partial charge is 0.629 e. The zero-order chi connectivity index (χ0) is 20.1. The molecule has 9 heteroatoms. The van der Waals surface area contributed by atoms with Crippen molar-refractivity contribution in [3.63, 3.8) is 0 Å². The van der Waals surface area contributed by atoms with Gasteiger partial charge in [0.25, 0.3) is 0 Å². The summed E-state index contributed by atoms with van der Waals surface area (Å²) < 4.78 is 5.43. The monoisotopic (exact) mass is 387 g/mol. The number of anilines is 4. The minimum Gasteiger partial charge on any atom is -0.629 e. The summed E-state index contributed by atoms with van der Waals surface area (Å²) in [5, 5.41) is 18.3. The summed E-state index contributed by atoms with van der Waals surface area (Å²) in [6.45, 7) is 5.80. The lowest BCUT2D eigenvalue weighted by molar-refractivity contribution is -0.751. The van der Waals surface area contributed by atoms with Crippen molar-refractivity contribution in [3.05, 3.63) is 29.7 Å². The summed E-state index contributed by atoms with van der Waals surface area (Å²) in [5.41, 5.74) is 1.33. The third-order valence-corrected chi connectivity index (χ3v) is 4.68. The average molecular weight is 387 g/mol. The molecular weight excluding hydrogens is 358 g/mol. The highest BCUT2D eigenvalue weighted by Gasteiger charge is 2.20. The van der Waals surface area contributed by atoms with Crippen molar-refractivity contribution in [2.24, 2.45) is 0 Å². The van der Waals surface area contributed by atoms with Gasteiger partial charge in [0.15, 0.2) is 5.69 Å². The second kappa shape index (κ2) is 9.13. The quantitative estimate of drug-likeness (QED) is 0.617. The molecule has 3 rings (SSSR count). The van der Waals surface area contributed by atoms with Crippen molar-refractivity contribution in [1.82, 2.24) is 15.0 Å². The normalized spacial score (nSPS) is 16.3. The van der Waals surface area contributed by atoms with Crippen LogP contribution >= 0.6 is 0 Å². The second-order valence-electron chi connectivity index (χ2n) is 7.26. The van der Waals surface area contributed by atoms with Gasteiger partial charge in [0.05, 0.1) is 19.3 Å². The van der Waals surface area contributed by atoms with Gasteiger partial charge in [0.1, 0.15) is 17.3 Å². The van der Waals surface area contributed by atoms with Gasteiger partial charge >= 0.3 is 0 Å². The molecule has 1 fully saturated rings. The number of piperidine rings is 1. The lowest BCUT2D eigenvalue weighted by atomic mass is 10.1. The van der Waals surface area contributed by atoms with Crippen LogP contribution in [0.25, 0.3) is 0 Å². The highest BCUT2D eigenvalue weighted by molar-refractivity contribution is 5.67. The maximum atomic E-state index is 11.8. The first kappa shape index (κ1) is 20.2. The Morgan fingerprint density at radius 2 is 2.00 bits per heavy atom. The Kier molecular flexibility index (Phi) is 6.61. The summed E-state index contributed by atoms with van der Waals surface area (Å²) in [4.78, 5) is 15.6. The van der Waals surface area contributed by atoms with Gasteiger partial charge in [0, 0.05) is 38.5 Å². The van der Waals surface area contributed by atoms with Gasteiger partial charge in [-0.25, -0.2) is 9.97 Å². The van der Waals surface area contributed by atoms with Gasteiger partial charge in [-0.3, -0.25) is 0 Å². The molecule has 1 saturated heterocycles. The molecule has 0 saturated carbocycles. The van der Waals surface area contributed by atoms with Crippen LogP contribution in [0.2, 0.25) is 0 Å². The minimum absolute atomic E-state index is 0.0222. The molecule has 1 unspecified atom stereocenters. The minimum atomic E-state index is -0.0222. The first-order valence-corrected chi connectivity index (χ1v) is 9.61. The van der Waals surface area contributed by atoms with Crippen LogP contribution in [0.1, 0.15) is 26.7 Å². The predicted octanol–water partition coefficient (Wildman–Crippen LogP) is 1.69. The molecule has 1 atom stereocenters. The predicted molar refractivity (Wildman–Crippen MR) is 110 cm³/mol. The van der Waals surface area contributed by atoms with E-state index < -0.39 is 0 Å². The van der Waals surface area contributed by atoms with E-state index in [1.54, 1.807) is 26.6 Å². The van der Waals surface area contributed by atoms with Crippen LogP contribution in [0.3, 0.4) is 0 Å². The van der Waals surface area contributed by atoms with Gasteiger partial charge in [-0.15, -0.1) is 0 Å². The number of hydrogen-bond donors (Lipinski definition) is 3. The van der Waals surface area contributed by atoms with E-state index in [4.69, 9.17) is 4.74 Å². The molecular formula is C19H29N7O2. The lowest BCUT2D eigenvalue weighted by Crippen LogP contribution is -2.98. The Morgan fingerprint density at radius 1 is 1.25 bits per heavy atom. The van der Waals surface area contributed by atoms with E-state index in [-0.39, 0.29) is 11.1 Å². The number of nitrogens with one attached hydrogen (secondary N) is 3. The second-order valence-corrected chi connectivity index (χ2v) is 7.26. The molecule has 0 spiro atoms. The number of rotatable bonds is 7. The number of quaternary nitrogens is 1. The van der Waals surface area contributed by atoms with Gasteiger partial charge in [-0.2, -0.15) is 4.98 Å². The van der Waals surface area contributed by atoms with Crippen molar-refractivity contribution < 1.29 is 9.80 Å². The Hall–Kier alpha value is -2.49. The molecule has 3 N–H and O–H groups in total. The van der Waals surface area contributed by atoms with Gasteiger partial charge in [-0.05, 0) is 32.8 Å². The highest BCUT2D eigenvalue weighted by Crippen LogP contribution is 2.24. The van der Waals surface area contributed by atoms with Crippen LogP contribution in [-0.4, -0.2) is 54.3 Å². The van der Waals surface area contributed by atoms with E-state index in [9.17, 15) is 5.21 Å². The van der Waals surface area contributed by atoms with E-state index in [2.05, 4.69) is 30.5 Å². The van der Waals surface area contributed by atoms with E-state index in [1.165, 1.54) is 0 Å². The standard InChI is InChI=1S/C19H29N7O2/c1-13(2)22-15-11-18(21-12-16(15)25(3)27)23-17-5-8-20-19(24-17)26-9-6-14(28-4)7-10-26/h5,8,11-14,25H,6-7,9-10H2,1-4H3,(H2,20,21,22,23,24). The van der Waals surface area contributed by atoms with E-state index >= 15 is 0 Å². The molecule has 0 aromatic carbocycles. The first-order chi connectivity index (χ1) is 13.5. The molecule has 1 aliphatic rings. The maximum Gasteiger partial charge on any atom is 0.227 e. The zero-order valence-corrected chi connectivity index (χ0v) is 16.9. The summed E-state index contributed by atoms with van der Waals surface area (Å²) in [6.07, 6.45) is 5.58. The van der Waals surface area contributed by atoms with Crippen LogP contribution in [0.15, 0.2) is 24.5 Å². The third-order valence-electron chi connectivity index (χ3n) is 4.68. The Morgan fingerprint density at radius 3 is 2.64 bits per heavy atom. The van der Waals surface area contributed by atoms with Gasteiger partial charge in [0.2, 0.25) is 5.95 Å². The van der Waals surface area contributed by atoms with E-state index in [1.807, 2.05) is 26.0 Å². The number of aromatic nitrogens is 3. The Labute approximate surface area is 165 Å². The molecule has 152 valence electrons. The fourth-order valence-electron chi connectivity index (χ4n) is 3.23. The van der Waals surface area contributed by atoms with Crippen LogP contribution in [-0.2, 0) is 4.74 Å². The number of nitrogens with zero attached hydrogens (tertiary/aromatic N) is 4. The molecule has 0 aliphatic carbocycles. The Bertz CT molecular complexity index is 777. The van der Waals surface area contributed by atoms with E-state index in [0.717, 1.165) is 31.6 Å². The number of pyridine rings is 1. The summed E-state index contributed by atoms with van der Waals surface area (Å²) in [6, 6.07) is 3.85. The van der Waals surface area contributed by atoms with Gasteiger partial charge < -0.3 is 30.5 Å². The van der Waals surface area contributed by atoms with Gasteiger partial charge in [-0.1, -0.05) is 0 Å². The van der Waals surface area contributed by atoms with Crippen molar-refractivity contribution >= 4 is 29.0 Å². The topological polar surface area (TPSA) is 103 Å². The SMILES string of the molecule is COC1CCN(c2nccc(Nc3cc(NC(C)C)c([NH+](C)[O-])cn3)n2)CC1. The molecule has 0 amide bonds. The molecule has 9 nitrogen and oxygen atoms in total. The Balaban J connectivity index is 1.75. The smallest absolute Gasteiger partial charge is 0.227 e. The fraction of sp³-hybridized carbons (Fsp3) is 0.526. The third kappa shape index (κ3) is 5.06. The van der Waals surface area contributed by atoms with Crippen LogP contribution < -0.4 is 20.6 Å². The molecule has 2 aromatic heterocycles. The number of ether oxygens (including phenoxy) is 1. The van der Waals surface area contributed by atoms with Crippen molar-refractivity contribution in [3.8, 4) is 0 Å². The summed E-state index contributed by atoms with van der Waals surface area (Å²) >= 11 is 0. The maximum absolute atomic E-state index is 11.8. The lowest BCUT2D eigenvalue weighted by Gasteiger charge is -2.31. The number of methoxy groups -OCH3 is 1. The van der Waals surface area contributed by atoms with Crippen molar-refractivity contribution in [2.75, 3.05) is 42.8 Å². The van der Waals surface area contributed by atoms with Crippen LogP contribution in [0.4, 0.5) is 29.0 Å². The van der Waals surface area contributed by atoms with Crippen molar-refractivity contribution in [1.29, 1.82) is 0 Å². The van der Waals surface area contributed by atoms with Crippen LogP contribution in [0, 0.1) is 5.21 Å². The molecule has 2 aromatic rings. The van der Waals surface area contributed by atoms with Crippen LogP contribution in [0.5, 0.6) is 0 Å². The number of hydrogen-bond acceptors (Lipinski definition) is 8. The van der Waals surface area contributed by atoms with E-state index in [0.29, 0.717) is 29.4 Å². The molecule has 0 bridgehead atoms. The fourth-order valence-corrected chi connectivity index (χ4v) is 3.23. The summed E-state index contributed by atoms with van der Waals surface area (Å²) in [7, 11) is 3.30. The molecule has 28 heavy (non-hydrogen) atoms. The molecule has 1 aliphatic heterocycles. The highest BCUT2D eigenvalue weighted by atomic mass is 16.5. The first-order valence-electron chi connectivity index (χ1n) is 9.61. The average Bonchev–Trinajstić information content (AvgIpc) is 2.68. The molecule has 3 heterocycles. The molecule has 0 radical (unpaired) electrons. The zero-order valence-electron chi connectivity index (χ0n) is 16.9. The number of hydroxylamine groups is 1. The summed E-state index contributed by atoms with van der Waals surface area (Å²) in [5.74, 6) is 1.98.